The number of hydrogen-bond acceptors (Lipinski definition) is 4. The topological polar surface area (TPSA) is 56.3 Å². The first-order valence-corrected chi connectivity index (χ1v) is 13.2. The van der Waals surface area contributed by atoms with E-state index in [1.54, 1.807) is 7.11 Å². The van der Waals surface area contributed by atoms with Crippen molar-refractivity contribution in [3.63, 3.8) is 0 Å². The second kappa shape index (κ2) is 10.2. The summed E-state index contributed by atoms with van der Waals surface area (Å²) in [5.74, 6) is 2.68. The molecule has 1 heterocycles. The molecular formula is C27H41N3O3. The minimum atomic E-state index is -0.553. The van der Waals surface area contributed by atoms with Gasteiger partial charge in [-0.15, -0.1) is 0 Å². The average molecular weight is 456 g/mol. The molecule has 6 nitrogen and oxygen atoms in total. The molecule has 0 bridgehead atoms. The first-order valence-electron chi connectivity index (χ1n) is 13.2. The summed E-state index contributed by atoms with van der Waals surface area (Å²) in [5, 5.41) is 15.8. The molecule has 0 aromatic heterocycles. The van der Waals surface area contributed by atoms with E-state index in [2.05, 4.69) is 17.1 Å². The number of rotatable bonds is 9. The van der Waals surface area contributed by atoms with Gasteiger partial charge in [-0.2, -0.15) is 0 Å². The van der Waals surface area contributed by atoms with Crippen molar-refractivity contribution in [1.82, 2.24) is 14.9 Å². The van der Waals surface area contributed by atoms with Gasteiger partial charge in [-0.1, -0.05) is 31.4 Å². The van der Waals surface area contributed by atoms with Gasteiger partial charge < -0.3 is 14.7 Å². The van der Waals surface area contributed by atoms with Gasteiger partial charge in [0.25, 0.3) is 0 Å². The van der Waals surface area contributed by atoms with E-state index in [-0.39, 0.29) is 12.1 Å². The highest BCUT2D eigenvalue weighted by Gasteiger charge is 2.43. The molecule has 6 heteroatoms. The number of hydrogen-bond donors (Lipinski definition) is 1. The van der Waals surface area contributed by atoms with Crippen LogP contribution in [0.15, 0.2) is 24.3 Å². The van der Waals surface area contributed by atoms with E-state index in [0.29, 0.717) is 30.7 Å². The summed E-state index contributed by atoms with van der Waals surface area (Å²) < 4.78 is 5.32. The number of benzene rings is 1. The van der Waals surface area contributed by atoms with E-state index < -0.39 is 6.10 Å². The van der Waals surface area contributed by atoms with Crippen molar-refractivity contribution in [3.8, 4) is 5.75 Å². The Morgan fingerprint density at radius 2 is 1.52 bits per heavy atom. The minimum Gasteiger partial charge on any atom is -0.497 e. The van der Waals surface area contributed by atoms with Crippen LogP contribution in [0.4, 0.5) is 4.79 Å². The molecule has 1 N–H and O–H groups in total. The van der Waals surface area contributed by atoms with Crippen molar-refractivity contribution in [3.05, 3.63) is 29.8 Å². The molecule has 0 unspecified atom stereocenters. The molecule has 1 aliphatic heterocycles. The van der Waals surface area contributed by atoms with Crippen LogP contribution >= 0.6 is 0 Å². The Morgan fingerprint density at radius 3 is 2.15 bits per heavy atom. The summed E-state index contributed by atoms with van der Waals surface area (Å²) in [7, 11) is 1.68. The van der Waals surface area contributed by atoms with Crippen LogP contribution in [-0.4, -0.2) is 71.5 Å². The number of methoxy groups -OCH3 is 1. The van der Waals surface area contributed by atoms with E-state index in [1.807, 2.05) is 22.0 Å². The predicted molar refractivity (Wildman–Crippen MR) is 129 cm³/mol. The average Bonchev–Trinajstić information content (AvgIpc) is 3.75. The lowest BCUT2D eigenvalue weighted by Gasteiger charge is -2.38. The van der Waals surface area contributed by atoms with Gasteiger partial charge in [0.2, 0.25) is 0 Å². The van der Waals surface area contributed by atoms with Crippen LogP contribution in [0.3, 0.4) is 0 Å². The molecule has 1 aromatic carbocycles. The fourth-order valence-corrected chi connectivity index (χ4v) is 5.68. The quantitative estimate of drug-likeness (QED) is 0.602. The number of hydrazine groups is 1. The van der Waals surface area contributed by atoms with Crippen LogP contribution in [0.1, 0.15) is 63.4 Å². The summed E-state index contributed by atoms with van der Waals surface area (Å²) in [6.45, 7) is 3.04. The van der Waals surface area contributed by atoms with Crippen molar-refractivity contribution in [2.75, 3.05) is 33.3 Å². The van der Waals surface area contributed by atoms with Crippen LogP contribution < -0.4 is 4.74 Å². The van der Waals surface area contributed by atoms with Crippen molar-refractivity contribution in [2.45, 2.75) is 76.4 Å². The number of nitrogens with zero attached hydrogens (tertiary/aromatic N) is 3. The maximum absolute atomic E-state index is 14.0. The molecule has 2 amide bonds. The third kappa shape index (κ3) is 5.83. The molecule has 2 atom stereocenters. The molecular weight excluding hydrogens is 414 g/mol. The summed E-state index contributed by atoms with van der Waals surface area (Å²) in [6.07, 6.45) is 11.4. The second-order valence-corrected chi connectivity index (χ2v) is 11.0. The summed E-state index contributed by atoms with van der Waals surface area (Å²) in [6, 6.07) is 8.01. The Labute approximate surface area is 198 Å². The highest BCUT2D eigenvalue weighted by Crippen LogP contribution is 2.36. The van der Waals surface area contributed by atoms with Crippen molar-refractivity contribution < 1.29 is 14.6 Å². The Morgan fingerprint density at radius 1 is 0.879 bits per heavy atom. The normalized spacial score (nSPS) is 27.6. The van der Waals surface area contributed by atoms with Crippen LogP contribution in [0.25, 0.3) is 0 Å². The molecule has 3 aliphatic carbocycles. The van der Waals surface area contributed by atoms with Crippen molar-refractivity contribution in [2.24, 2.45) is 17.8 Å². The van der Waals surface area contributed by atoms with Gasteiger partial charge in [0.1, 0.15) is 5.75 Å². The third-order valence-electron chi connectivity index (χ3n) is 8.13. The largest absolute Gasteiger partial charge is 0.497 e. The molecule has 1 aromatic rings. The highest BCUT2D eigenvalue weighted by molar-refractivity contribution is 5.75. The maximum atomic E-state index is 14.0. The standard InChI is InChI=1S/C27H41N3O3/c1-33-24-13-11-20(12-14-24)15-25-26(31)19-28(16-21-5-3-2-4-6-21)30(18-23-9-10-23)27(32)29(25)17-22-7-8-22/h11-14,21-23,25-26,31H,2-10,15-19H2,1H3/t25-,26-/m0/s1. The SMILES string of the molecule is COc1ccc(C[C@H]2[C@@H](O)CN(CC3CCCCC3)N(CC3CC3)C(=O)N2CC2CC2)cc1. The lowest BCUT2D eigenvalue weighted by Crippen LogP contribution is -2.53. The summed E-state index contributed by atoms with van der Waals surface area (Å²) >= 11 is 0. The lowest BCUT2D eigenvalue weighted by atomic mass is 9.89. The third-order valence-corrected chi connectivity index (χ3v) is 8.13. The van der Waals surface area contributed by atoms with Gasteiger partial charge in [0, 0.05) is 26.2 Å². The van der Waals surface area contributed by atoms with E-state index in [4.69, 9.17) is 4.74 Å². The Kier molecular flexibility index (Phi) is 7.12. The number of urea groups is 1. The highest BCUT2D eigenvalue weighted by atomic mass is 16.5. The first kappa shape index (κ1) is 23.0. The molecule has 33 heavy (non-hydrogen) atoms. The van der Waals surface area contributed by atoms with E-state index in [1.165, 1.54) is 57.8 Å². The first-order chi connectivity index (χ1) is 16.1. The zero-order valence-electron chi connectivity index (χ0n) is 20.2. The Balaban J connectivity index is 1.39. The van der Waals surface area contributed by atoms with Gasteiger partial charge >= 0.3 is 6.03 Å². The molecule has 182 valence electrons. The number of amides is 2. The van der Waals surface area contributed by atoms with Crippen LogP contribution in [0.2, 0.25) is 0 Å². The Hall–Kier alpha value is -1.79. The smallest absolute Gasteiger partial charge is 0.334 e. The molecule has 0 spiro atoms. The molecule has 4 fully saturated rings. The van der Waals surface area contributed by atoms with Gasteiger partial charge in [0.15, 0.2) is 0 Å². The fraction of sp³-hybridized carbons (Fsp3) is 0.741. The zero-order valence-corrected chi connectivity index (χ0v) is 20.2. The summed E-state index contributed by atoms with van der Waals surface area (Å²) in [4.78, 5) is 16.1. The van der Waals surface area contributed by atoms with Crippen molar-refractivity contribution in [1.29, 1.82) is 0 Å². The number of aliphatic hydroxyl groups is 1. The summed E-state index contributed by atoms with van der Waals surface area (Å²) in [5.41, 5.74) is 1.14. The number of ether oxygens (including phenoxy) is 1. The van der Waals surface area contributed by atoms with E-state index in [9.17, 15) is 9.90 Å². The molecule has 1 saturated heterocycles. The minimum absolute atomic E-state index is 0.125. The molecule has 3 saturated carbocycles. The van der Waals surface area contributed by atoms with Gasteiger partial charge in [-0.05, 0) is 80.4 Å². The monoisotopic (exact) mass is 455 g/mol. The second-order valence-electron chi connectivity index (χ2n) is 11.0. The van der Waals surface area contributed by atoms with Crippen LogP contribution in [-0.2, 0) is 6.42 Å². The molecule has 5 rings (SSSR count). The number of carbonyl (C=O) groups excluding carboxylic acids is 1. The number of carbonyl (C=O) groups is 1. The van der Waals surface area contributed by atoms with Crippen LogP contribution in [0.5, 0.6) is 5.75 Å². The lowest BCUT2D eigenvalue weighted by molar-refractivity contribution is -0.0259. The van der Waals surface area contributed by atoms with Gasteiger partial charge in [-0.25, -0.2) is 9.80 Å². The van der Waals surface area contributed by atoms with E-state index in [0.717, 1.165) is 30.9 Å². The molecule has 4 aliphatic rings. The predicted octanol–water partition coefficient (Wildman–Crippen LogP) is 4.32. The maximum Gasteiger partial charge on any atom is 0.334 e. The van der Waals surface area contributed by atoms with Gasteiger partial charge in [-0.3, -0.25) is 5.01 Å². The molecule has 0 radical (unpaired) electrons. The Bertz CT molecular complexity index is 786. The van der Waals surface area contributed by atoms with Crippen molar-refractivity contribution >= 4 is 6.03 Å². The zero-order chi connectivity index (χ0) is 22.8. The number of aliphatic hydroxyl groups excluding tert-OH is 1. The van der Waals surface area contributed by atoms with Crippen LogP contribution in [0, 0.1) is 17.8 Å². The fourth-order valence-electron chi connectivity index (χ4n) is 5.68. The van der Waals surface area contributed by atoms with E-state index >= 15 is 0 Å². The van der Waals surface area contributed by atoms with Gasteiger partial charge in [0.05, 0.1) is 19.3 Å². The number of β-amino-alcohol motifs (C(OH)–C–C–N with tert-alkyl or cyclic N) is 1.